The first-order chi connectivity index (χ1) is 13.5. The minimum Gasteiger partial charge on any atom is -0.469 e. The Morgan fingerprint density at radius 2 is 1.86 bits per heavy atom. The van der Waals surface area contributed by atoms with Crippen LogP contribution in [0.25, 0.3) is 10.6 Å². The Balaban J connectivity index is 1.50. The summed E-state index contributed by atoms with van der Waals surface area (Å²) in [5.41, 5.74) is 2.27. The molecule has 0 radical (unpaired) electrons. The van der Waals surface area contributed by atoms with Gasteiger partial charge in [-0.1, -0.05) is 29.8 Å². The molecule has 1 saturated heterocycles. The molecule has 3 rings (SSSR count). The zero-order chi connectivity index (χ0) is 20.1. The summed E-state index contributed by atoms with van der Waals surface area (Å²) in [5, 5.41) is 2.35. The van der Waals surface area contributed by atoms with Gasteiger partial charge in [-0.05, 0) is 19.8 Å². The van der Waals surface area contributed by atoms with Crippen LogP contribution in [0.5, 0.6) is 0 Å². The summed E-state index contributed by atoms with van der Waals surface area (Å²) in [6.45, 7) is 2.57. The quantitative estimate of drug-likeness (QED) is 0.715. The molecule has 0 N–H and O–H groups in total. The smallest absolute Gasteiger partial charge is 0.358 e. The normalized spacial score (nSPS) is 14.6. The lowest BCUT2D eigenvalue weighted by molar-refractivity contribution is -0.149. The van der Waals surface area contributed by atoms with Crippen LogP contribution in [0.1, 0.15) is 28.9 Å². The predicted molar refractivity (Wildman–Crippen MR) is 104 cm³/mol. The Bertz CT molecular complexity index is 854. The van der Waals surface area contributed by atoms with Crippen molar-refractivity contribution in [3.8, 4) is 10.6 Å². The maximum atomic E-state index is 12.3. The first-order valence-electron chi connectivity index (χ1n) is 9.03. The maximum Gasteiger partial charge on any atom is 0.358 e. The summed E-state index contributed by atoms with van der Waals surface area (Å²) in [7, 11) is 1.36. The van der Waals surface area contributed by atoms with E-state index in [-0.39, 0.29) is 30.1 Å². The van der Waals surface area contributed by atoms with Crippen molar-refractivity contribution in [1.29, 1.82) is 0 Å². The van der Waals surface area contributed by atoms with Crippen molar-refractivity contribution in [2.24, 2.45) is 5.92 Å². The fraction of sp³-hybridized carbons (Fsp3) is 0.400. The highest BCUT2D eigenvalue weighted by Gasteiger charge is 2.28. The first-order valence-corrected chi connectivity index (χ1v) is 9.91. The lowest BCUT2D eigenvalue weighted by Crippen LogP contribution is -2.42. The number of hydrogen-bond donors (Lipinski definition) is 0. The predicted octanol–water partition coefficient (Wildman–Crippen LogP) is 2.69. The number of esters is 2. The fourth-order valence-electron chi connectivity index (χ4n) is 3.02. The average Bonchev–Trinajstić information content (AvgIpc) is 3.22. The van der Waals surface area contributed by atoms with E-state index in [2.05, 4.69) is 4.98 Å². The number of benzene rings is 1. The van der Waals surface area contributed by atoms with Crippen molar-refractivity contribution in [2.45, 2.75) is 19.8 Å². The molecule has 0 spiro atoms. The number of amides is 1. The van der Waals surface area contributed by atoms with Crippen LogP contribution < -0.4 is 0 Å². The Kier molecular flexibility index (Phi) is 6.41. The second kappa shape index (κ2) is 8.97. The molecule has 0 unspecified atom stereocenters. The molecule has 0 bridgehead atoms. The fourth-order valence-corrected chi connectivity index (χ4v) is 3.82. The van der Waals surface area contributed by atoms with E-state index in [0.29, 0.717) is 25.9 Å². The number of carbonyl (C=O) groups excluding carboxylic acids is 3. The Labute approximate surface area is 167 Å². The van der Waals surface area contributed by atoms with E-state index in [0.717, 1.165) is 16.1 Å². The van der Waals surface area contributed by atoms with E-state index >= 15 is 0 Å². The molecule has 2 heterocycles. The van der Waals surface area contributed by atoms with Crippen LogP contribution in [0.4, 0.5) is 0 Å². The Hall–Kier alpha value is -2.74. The molecule has 1 aliphatic rings. The van der Waals surface area contributed by atoms with Gasteiger partial charge in [-0.25, -0.2) is 9.78 Å². The highest BCUT2D eigenvalue weighted by Crippen LogP contribution is 2.24. The summed E-state index contributed by atoms with van der Waals surface area (Å²) < 4.78 is 9.86. The van der Waals surface area contributed by atoms with Crippen LogP contribution in [-0.2, 0) is 19.1 Å². The van der Waals surface area contributed by atoms with E-state index in [9.17, 15) is 14.4 Å². The lowest BCUT2D eigenvalue weighted by Gasteiger charge is -2.30. The van der Waals surface area contributed by atoms with Crippen molar-refractivity contribution < 1.29 is 23.9 Å². The van der Waals surface area contributed by atoms with Gasteiger partial charge in [-0.2, -0.15) is 0 Å². The number of aromatic nitrogens is 1. The molecule has 1 aromatic heterocycles. The molecule has 7 nitrogen and oxygen atoms in total. The van der Waals surface area contributed by atoms with Gasteiger partial charge in [-0.15, -0.1) is 11.3 Å². The third-order valence-corrected chi connectivity index (χ3v) is 5.61. The summed E-state index contributed by atoms with van der Waals surface area (Å²) >= 11 is 1.35. The molecule has 148 valence electrons. The monoisotopic (exact) mass is 402 g/mol. The molecule has 8 heteroatoms. The Morgan fingerprint density at radius 1 is 1.18 bits per heavy atom. The lowest BCUT2D eigenvalue weighted by atomic mass is 9.97. The van der Waals surface area contributed by atoms with Gasteiger partial charge in [-0.3, -0.25) is 9.59 Å². The van der Waals surface area contributed by atoms with Crippen LogP contribution in [0.2, 0.25) is 0 Å². The second-order valence-electron chi connectivity index (χ2n) is 6.66. The van der Waals surface area contributed by atoms with E-state index in [4.69, 9.17) is 9.47 Å². The summed E-state index contributed by atoms with van der Waals surface area (Å²) in [4.78, 5) is 41.9. The Morgan fingerprint density at radius 3 is 2.50 bits per heavy atom. The van der Waals surface area contributed by atoms with Gasteiger partial charge in [0.05, 0.1) is 13.0 Å². The summed E-state index contributed by atoms with van der Waals surface area (Å²) in [6.07, 6.45) is 1.11. The number of nitrogens with zero attached hydrogens (tertiary/aromatic N) is 2. The molecule has 0 aliphatic carbocycles. The van der Waals surface area contributed by atoms with Gasteiger partial charge in [0.1, 0.15) is 5.01 Å². The molecule has 0 saturated carbocycles. The van der Waals surface area contributed by atoms with E-state index in [1.807, 2.05) is 31.2 Å². The molecule has 2 aromatic rings. The van der Waals surface area contributed by atoms with Gasteiger partial charge in [0.15, 0.2) is 12.3 Å². The SMILES string of the molecule is COC(=O)C1CCN(C(=O)COC(=O)c2csc(-c3ccc(C)cc3)n2)CC1. The molecular formula is C20H22N2O5S. The van der Waals surface area contributed by atoms with Crippen LogP contribution >= 0.6 is 11.3 Å². The minimum atomic E-state index is -0.618. The zero-order valence-electron chi connectivity index (χ0n) is 15.8. The van der Waals surface area contributed by atoms with E-state index in [1.54, 1.807) is 10.3 Å². The number of piperidine rings is 1. The molecule has 0 atom stereocenters. The number of methoxy groups -OCH3 is 1. The van der Waals surface area contributed by atoms with Crippen LogP contribution in [-0.4, -0.2) is 54.5 Å². The van der Waals surface area contributed by atoms with Gasteiger partial charge >= 0.3 is 11.9 Å². The maximum absolute atomic E-state index is 12.3. The van der Waals surface area contributed by atoms with Gasteiger partial charge in [0.25, 0.3) is 5.91 Å². The highest BCUT2D eigenvalue weighted by atomic mass is 32.1. The number of likely N-dealkylation sites (tertiary alicyclic amines) is 1. The largest absolute Gasteiger partial charge is 0.469 e. The molecule has 1 fully saturated rings. The van der Waals surface area contributed by atoms with Crippen LogP contribution in [0.3, 0.4) is 0 Å². The third kappa shape index (κ3) is 4.75. The number of carbonyl (C=O) groups is 3. The molecular weight excluding hydrogens is 380 g/mol. The van der Waals surface area contributed by atoms with Gasteiger partial charge < -0.3 is 14.4 Å². The summed E-state index contributed by atoms with van der Waals surface area (Å²) in [5.74, 6) is -1.31. The van der Waals surface area contributed by atoms with Crippen LogP contribution in [0, 0.1) is 12.8 Å². The van der Waals surface area contributed by atoms with E-state index in [1.165, 1.54) is 18.4 Å². The molecule has 1 amide bonds. The number of rotatable bonds is 5. The van der Waals surface area contributed by atoms with Crippen molar-refractivity contribution in [2.75, 3.05) is 26.8 Å². The highest BCUT2D eigenvalue weighted by molar-refractivity contribution is 7.13. The van der Waals surface area contributed by atoms with Gasteiger partial charge in [0, 0.05) is 24.0 Å². The van der Waals surface area contributed by atoms with Gasteiger partial charge in [0.2, 0.25) is 0 Å². The standard InChI is InChI=1S/C20H22N2O5S/c1-13-3-5-14(6-4-13)18-21-16(12-28-18)20(25)27-11-17(23)22-9-7-15(8-10-22)19(24)26-2/h3-6,12,15H,7-11H2,1-2H3. The van der Waals surface area contributed by atoms with Crippen molar-refractivity contribution in [1.82, 2.24) is 9.88 Å². The number of aryl methyl sites for hydroxylation is 1. The average molecular weight is 402 g/mol. The molecule has 1 aliphatic heterocycles. The van der Waals surface area contributed by atoms with Crippen molar-refractivity contribution in [3.63, 3.8) is 0 Å². The molecule has 1 aromatic carbocycles. The topological polar surface area (TPSA) is 85.8 Å². The number of thiazole rings is 1. The minimum absolute atomic E-state index is 0.174. The number of ether oxygens (including phenoxy) is 2. The summed E-state index contributed by atoms with van der Waals surface area (Å²) in [6, 6.07) is 7.86. The van der Waals surface area contributed by atoms with Crippen LogP contribution in [0.15, 0.2) is 29.6 Å². The first kappa shape index (κ1) is 20.0. The van der Waals surface area contributed by atoms with E-state index < -0.39 is 5.97 Å². The second-order valence-corrected chi connectivity index (χ2v) is 7.52. The number of hydrogen-bond acceptors (Lipinski definition) is 7. The zero-order valence-corrected chi connectivity index (χ0v) is 16.7. The van der Waals surface area contributed by atoms with Crippen molar-refractivity contribution in [3.05, 3.63) is 40.9 Å². The van der Waals surface area contributed by atoms with Crippen molar-refractivity contribution >= 4 is 29.2 Å². The molecule has 28 heavy (non-hydrogen) atoms. The third-order valence-electron chi connectivity index (χ3n) is 4.72.